The monoisotopic (exact) mass is 266 g/mol. The molecule has 0 spiro atoms. The zero-order valence-electron chi connectivity index (χ0n) is 13.2. The van der Waals surface area contributed by atoms with Crippen molar-refractivity contribution in [3.8, 4) is 11.8 Å². The van der Waals surface area contributed by atoms with E-state index < -0.39 is 11.9 Å². The Bertz CT molecular complexity index is 400. The minimum Gasteiger partial charge on any atom is -0.433 e. The summed E-state index contributed by atoms with van der Waals surface area (Å²) >= 11 is 0. The lowest BCUT2D eigenvalue weighted by Crippen LogP contribution is -2.36. The Labute approximate surface area is 117 Å². The number of ether oxygens (including phenoxy) is 2. The molecule has 108 valence electrons. The first kappa shape index (κ1) is 16.0. The van der Waals surface area contributed by atoms with Crippen LogP contribution in [0.1, 0.15) is 61.3 Å². The van der Waals surface area contributed by atoms with Crippen LogP contribution < -0.4 is 0 Å². The van der Waals surface area contributed by atoms with Gasteiger partial charge in [0, 0.05) is 17.3 Å². The molecule has 1 aliphatic rings. The Kier molecular flexibility index (Phi) is 4.37. The van der Waals surface area contributed by atoms with E-state index in [1.54, 1.807) is 0 Å². The first-order valence-corrected chi connectivity index (χ1v) is 6.89. The van der Waals surface area contributed by atoms with Crippen molar-refractivity contribution in [2.75, 3.05) is 0 Å². The molecule has 1 heterocycles. The highest BCUT2D eigenvalue weighted by Gasteiger charge is 2.51. The molecule has 0 aromatic heterocycles. The molecule has 0 bridgehead atoms. The van der Waals surface area contributed by atoms with E-state index >= 15 is 0 Å². The van der Waals surface area contributed by atoms with Gasteiger partial charge in [-0.05, 0) is 27.2 Å². The fourth-order valence-corrected chi connectivity index (χ4v) is 1.75. The van der Waals surface area contributed by atoms with Crippen LogP contribution in [0.4, 0.5) is 0 Å². The molecule has 0 amide bonds. The quantitative estimate of drug-likeness (QED) is 0.566. The second kappa shape index (κ2) is 5.17. The van der Waals surface area contributed by atoms with E-state index in [4.69, 9.17) is 9.47 Å². The lowest BCUT2D eigenvalue weighted by atomic mass is 9.93. The minimum atomic E-state index is -0.893. The maximum absolute atomic E-state index is 12.1. The molecule has 2 atom stereocenters. The zero-order chi connectivity index (χ0) is 14.9. The topological polar surface area (TPSA) is 35.5 Å². The van der Waals surface area contributed by atoms with Gasteiger partial charge in [0.1, 0.15) is 0 Å². The molecule has 3 heteroatoms. The van der Waals surface area contributed by atoms with E-state index in [1.165, 1.54) is 0 Å². The summed E-state index contributed by atoms with van der Waals surface area (Å²) in [6, 6.07) is 0. The Morgan fingerprint density at radius 3 is 2.16 bits per heavy atom. The third-order valence-electron chi connectivity index (χ3n) is 3.03. The van der Waals surface area contributed by atoms with Crippen molar-refractivity contribution in [2.45, 2.75) is 73.2 Å². The molecule has 1 aliphatic heterocycles. The van der Waals surface area contributed by atoms with Gasteiger partial charge in [0.15, 0.2) is 5.60 Å². The van der Waals surface area contributed by atoms with Crippen molar-refractivity contribution in [3.63, 3.8) is 0 Å². The molecule has 1 fully saturated rings. The van der Waals surface area contributed by atoms with E-state index in [0.717, 1.165) is 0 Å². The van der Waals surface area contributed by atoms with Gasteiger partial charge >= 0.3 is 5.97 Å². The number of esters is 1. The molecule has 1 rings (SSSR count). The van der Waals surface area contributed by atoms with Gasteiger partial charge < -0.3 is 9.47 Å². The number of carbonyl (C=O) groups excluding carboxylic acids is 1. The van der Waals surface area contributed by atoms with E-state index in [9.17, 15) is 4.79 Å². The fraction of sp³-hybridized carbons (Fsp3) is 0.812. The van der Waals surface area contributed by atoms with Crippen LogP contribution in [0.15, 0.2) is 0 Å². The summed E-state index contributed by atoms with van der Waals surface area (Å²) in [5.74, 6) is 5.95. The number of hydrogen-bond donors (Lipinski definition) is 0. The maximum atomic E-state index is 12.1. The summed E-state index contributed by atoms with van der Waals surface area (Å²) in [6.07, 6.45) is 0.486. The Morgan fingerprint density at radius 2 is 1.79 bits per heavy atom. The SMILES string of the molecule is CC[C@@]1(CC#CC(C)(C)C)O[C@@H](C(C)(C)C)OC1=O. The normalized spacial score (nSPS) is 27.7. The van der Waals surface area contributed by atoms with Crippen LogP contribution in [0.2, 0.25) is 0 Å². The van der Waals surface area contributed by atoms with Crippen molar-refractivity contribution in [3.05, 3.63) is 0 Å². The van der Waals surface area contributed by atoms with Gasteiger partial charge in [0.05, 0.1) is 0 Å². The largest absolute Gasteiger partial charge is 0.433 e. The summed E-state index contributed by atoms with van der Waals surface area (Å²) in [7, 11) is 0. The molecule has 1 saturated heterocycles. The molecule has 3 nitrogen and oxygen atoms in total. The number of rotatable bonds is 2. The predicted molar refractivity (Wildman–Crippen MR) is 75.3 cm³/mol. The van der Waals surface area contributed by atoms with Gasteiger partial charge in [-0.25, -0.2) is 4.79 Å². The van der Waals surface area contributed by atoms with Gasteiger partial charge in [-0.15, -0.1) is 0 Å². The molecule has 0 aromatic carbocycles. The number of hydrogen-bond acceptors (Lipinski definition) is 3. The third-order valence-corrected chi connectivity index (χ3v) is 3.03. The van der Waals surface area contributed by atoms with Crippen LogP contribution in [0.5, 0.6) is 0 Å². The highest BCUT2D eigenvalue weighted by Crippen LogP contribution is 2.38. The van der Waals surface area contributed by atoms with Crippen molar-refractivity contribution in [2.24, 2.45) is 10.8 Å². The van der Waals surface area contributed by atoms with Crippen LogP contribution in [-0.4, -0.2) is 17.9 Å². The standard InChI is InChI=1S/C16H26O3/c1-8-16(11-9-10-14(2,3)4)12(17)18-13(19-16)15(5,6)7/h13H,8,11H2,1-7H3/t13-,16-/m0/s1. The van der Waals surface area contributed by atoms with Crippen molar-refractivity contribution >= 4 is 5.97 Å². The van der Waals surface area contributed by atoms with Gasteiger partial charge in [-0.3, -0.25) is 0 Å². The Morgan fingerprint density at radius 1 is 1.21 bits per heavy atom. The van der Waals surface area contributed by atoms with Crippen LogP contribution in [-0.2, 0) is 14.3 Å². The molecule has 0 unspecified atom stereocenters. The van der Waals surface area contributed by atoms with Crippen LogP contribution in [0, 0.1) is 22.7 Å². The second-order valence-electron chi connectivity index (χ2n) is 7.30. The third kappa shape index (κ3) is 3.98. The highest BCUT2D eigenvalue weighted by atomic mass is 16.8. The van der Waals surface area contributed by atoms with Gasteiger partial charge in [-0.1, -0.05) is 39.5 Å². The molecule has 19 heavy (non-hydrogen) atoms. The first-order chi connectivity index (χ1) is 8.50. The molecular weight excluding hydrogens is 240 g/mol. The van der Waals surface area contributed by atoms with Crippen LogP contribution in [0.25, 0.3) is 0 Å². The van der Waals surface area contributed by atoms with Crippen molar-refractivity contribution < 1.29 is 14.3 Å². The van der Waals surface area contributed by atoms with Gasteiger partial charge in [-0.2, -0.15) is 0 Å². The first-order valence-electron chi connectivity index (χ1n) is 6.89. The summed E-state index contributed by atoms with van der Waals surface area (Å²) in [4.78, 5) is 12.1. The second-order valence-corrected chi connectivity index (χ2v) is 7.30. The Hall–Kier alpha value is -1.01. The van der Waals surface area contributed by atoms with Gasteiger partial charge in [0.25, 0.3) is 0 Å². The summed E-state index contributed by atoms with van der Waals surface area (Å²) in [5.41, 5.74) is -1.18. The molecular formula is C16H26O3. The van der Waals surface area contributed by atoms with Crippen LogP contribution >= 0.6 is 0 Å². The molecule has 0 radical (unpaired) electrons. The highest BCUT2D eigenvalue weighted by molar-refractivity contribution is 5.81. The molecule has 0 saturated carbocycles. The predicted octanol–water partition coefficient (Wildman–Crippen LogP) is 3.52. The van der Waals surface area contributed by atoms with Crippen molar-refractivity contribution in [1.29, 1.82) is 0 Å². The summed E-state index contributed by atoms with van der Waals surface area (Å²) in [6.45, 7) is 14.1. The van der Waals surface area contributed by atoms with Crippen LogP contribution in [0.3, 0.4) is 0 Å². The fourth-order valence-electron chi connectivity index (χ4n) is 1.75. The molecule has 0 aromatic rings. The van der Waals surface area contributed by atoms with E-state index in [2.05, 4.69) is 11.8 Å². The summed E-state index contributed by atoms with van der Waals surface area (Å²) in [5, 5.41) is 0. The average molecular weight is 266 g/mol. The maximum Gasteiger partial charge on any atom is 0.341 e. The van der Waals surface area contributed by atoms with Crippen molar-refractivity contribution in [1.82, 2.24) is 0 Å². The van der Waals surface area contributed by atoms with Gasteiger partial charge in [0.2, 0.25) is 6.29 Å². The lowest BCUT2D eigenvalue weighted by molar-refractivity contribution is -0.156. The number of carbonyl (C=O) groups is 1. The molecule has 0 aliphatic carbocycles. The smallest absolute Gasteiger partial charge is 0.341 e. The zero-order valence-corrected chi connectivity index (χ0v) is 13.2. The Balaban J connectivity index is 2.87. The minimum absolute atomic E-state index is 0.0686. The van der Waals surface area contributed by atoms with E-state index in [-0.39, 0.29) is 16.8 Å². The van der Waals surface area contributed by atoms with E-state index in [1.807, 2.05) is 48.5 Å². The summed E-state index contributed by atoms with van der Waals surface area (Å²) < 4.78 is 11.3. The average Bonchev–Trinajstić information content (AvgIpc) is 2.55. The number of cyclic esters (lactones) is 1. The van der Waals surface area contributed by atoms with E-state index in [0.29, 0.717) is 12.8 Å². The molecule has 0 N–H and O–H groups in total. The lowest BCUT2D eigenvalue weighted by Gasteiger charge is -2.26.